The Morgan fingerprint density at radius 1 is 1.23 bits per heavy atom. The first-order valence-corrected chi connectivity index (χ1v) is 9.94. The molecule has 0 saturated carbocycles. The van der Waals surface area contributed by atoms with Crippen molar-refractivity contribution in [2.75, 3.05) is 33.4 Å². The first-order chi connectivity index (χ1) is 14.1. The van der Waals surface area contributed by atoms with Crippen LogP contribution in [0.3, 0.4) is 0 Å². The number of ether oxygens (including phenoxy) is 1. The highest BCUT2D eigenvalue weighted by atomic mass is 35.5. The summed E-state index contributed by atoms with van der Waals surface area (Å²) in [6.45, 7) is 4.59. The summed E-state index contributed by atoms with van der Waals surface area (Å²) in [4.78, 5) is 19.1. The van der Waals surface area contributed by atoms with E-state index < -0.39 is 5.97 Å². The topological polar surface area (TPSA) is 71.4 Å². The minimum atomic E-state index is -0.714. The zero-order valence-electron chi connectivity index (χ0n) is 17.4. The number of carboxylic acids is 1. The van der Waals surface area contributed by atoms with Gasteiger partial charge in [0, 0.05) is 24.2 Å². The van der Waals surface area contributed by atoms with Crippen molar-refractivity contribution in [3.63, 3.8) is 0 Å². The zero-order valence-corrected chi connectivity index (χ0v) is 18.2. The van der Waals surface area contributed by atoms with Gasteiger partial charge >= 0.3 is 5.97 Å². The van der Waals surface area contributed by atoms with E-state index in [1.54, 1.807) is 7.11 Å². The van der Waals surface area contributed by atoms with Crippen LogP contribution in [0.4, 0.5) is 0 Å². The van der Waals surface area contributed by atoms with Crippen molar-refractivity contribution < 1.29 is 19.5 Å². The monoisotopic (exact) mass is 432 g/mol. The predicted octanol–water partition coefficient (Wildman–Crippen LogP) is 3.99. The van der Waals surface area contributed by atoms with Gasteiger partial charge in [0.2, 0.25) is 0 Å². The van der Waals surface area contributed by atoms with Crippen LogP contribution in [0, 0.1) is 12.8 Å². The third kappa shape index (κ3) is 6.21. The van der Waals surface area contributed by atoms with E-state index in [1.807, 2.05) is 55.5 Å². The molecule has 0 amide bonds. The number of methoxy groups -OCH3 is 1. The summed E-state index contributed by atoms with van der Waals surface area (Å²) >= 11 is 0. The van der Waals surface area contributed by atoms with Crippen LogP contribution >= 0.6 is 12.4 Å². The van der Waals surface area contributed by atoms with E-state index in [1.165, 1.54) is 0 Å². The summed E-state index contributed by atoms with van der Waals surface area (Å²) in [7, 11) is 1.64. The van der Waals surface area contributed by atoms with Crippen molar-refractivity contribution in [1.29, 1.82) is 0 Å². The average Bonchev–Trinajstić information content (AvgIpc) is 2.75. The summed E-state index contributed by atoms with van der Waals surface area (Å²) in [5.41, 5.74) is 3.79. The number of hydrogen-bond donors (Lipinski definition) is 1. The third-order valence-corrected chi connectivity index (χ3v) is 5.25. The molecule has 0 aromatic heterocycles. The molecule has 6 nitrogen and oxygen atoms in total. The Balaban J connectivity index is 0.00000320. The Hall–Kier alpha value is -2.57. The Morgan fingerprint density at radius 3 is 2.77 bits per heavy atom. The van der Waals surface area contributed by atoms with Gasteiger partial charge in [-0.2, -0.15) is 0 Å². The van der Waals surface area contributed by atoms with Gasteiger partial charge in [-0.3, -0.25) is 9.69 Å². The van der Waals surface area contributed by atoms with E-state index in [0.29, 0.717) is 19.7 Å². The van der Waals surface area contributed by atoms with Crippen LogP contribution in [0.5, 0.6) is 5.75 Å². The third-order valence-electron chi connectivity index (χ3n) is 5.25. The van der Waals surface area contributed by atoms with Crippen LogP contribution in [0.2, 0.25) is 0 Å². The summed E-state index contributed by atoms with van der Waals surface area (Å²) < 4.78 is 5.36. The van der Waals surface area contributed by atoms with Gasteiger partial charge in [0.1, 0.15) is 18.1 Å². The lowest BCUT2D eigenvalue weighted by Crippen LogP contribution is -2.40. The molecule has 0 spiro atoms. The van der Waals surface area contributed by atoms with E-state index in [4.69, 9.17) is 9.57 Å². The number of carboxylic acid groups (broad SMARTS) is 1. The van der Waals surface area contributed by atoms with Crippen LogP contribution in [-0.2, 0) is 9.63 Å². The highest BCUT2D eigenvalue weighted by molar-refractivity contribution is 6.13. The second-order valence-electron chi connectivity index (χ2n) is 7.30. The largest absolute Gasteiger partial charge is 0.497 e. The lowest BCUT2D eigenvalue weighted by molar-refractivity contribution is -0.143. The van der Waals surface area contributed by atoms with Gasteiger partial charge < -0.3 is 14.7 Å². The van der Waals surface area contributed by atoms with Gasteiger partial charge in [-0.25, -0.2) is 0 Å². The van der Waals surface area contributed by atoms with Gasteiger partial charge in [-0.1, -0.05) is 41.6 Å². The summed E-state index contributed by atoms with van der Waals surface area (Å²) in [5, 5.41) is 13.7. The number of nitrogens with zero attached hydrogens (tertiary/aromatic N) is 2. The molecule has 30 heavy (non-hydrogen) atoms. The first-order valence-electron chi connectivity index (χ1n) is 9.94. The minimum Gasteiger partial charge on any atom is -0.497 e. The van der Waals surface area contributed by atoms with E-state index in [-0.39, 0.29) is 18.3 Å². The average molecular weight is 433 g/mol. The molecule has 1 fully saturated rings. The number of aryl methyl sites for hydroxylation is 1. The van der Waals surface area contributed by atoms with Crippen molar-refractivity contribution in [2.24, 2.45) is 11.1 Å². The number of likely N-dealkylation sites (tertiary alicyclic amines) is 1. The van der Waals surface area contributed by atoms with Gasteiger partial charge in [-0.05, 0) is 44.0 Å². The Bertz CT molecular complexity index is 872. The van der Waals surface area contributed by atoms with Crippen LogP contribution in [0.1, 0.15) is 29.5 Å². The van der Waals surface area contributed by atoms with Crippen molar-refractivity contribution in [3.05, 3.63) is 65.2 Å². The molecule has 1 saturated heterocycles. The molecule has 1 unspecified atom stereocenters. The van der Waals surface area contributed by atoms with Crippen molar-refractivity contribution in [1.82, 2.24) is 4.90 Å². The summed E-state index contributed by atoms with van der Waals surface area (Å²) in [6, 6.07) is 15.8. The maximum Gasteiger partial charge on any atom is 0.307 e. The number of carbonyl (C=O) groups is 1. The normalized spacial score (nSPS) is 17.1. The maximum absolute atomic E-state index is 11.2. The van der Waals surface area contributed by atoms with E-state index >= 15 is 0 Å². The van der Waals surface area contributed by atoms with Crippen LogP contribution in [-0.4, -0.2) is 55.0 Å². The van der Waals surface area contributed by atoms with E-state index in [9.17, 15) is 9.90 Å². The molecular formula is C23H29ClN2O4. The number of oxime groups is 1. The molecule has 7 heteroatoms. The second-order valence-corrected chi connectivity index (χ2v) is 7.30. The maximum atomic E-state index is 11.2. The standard InChI is InChI=1S/C23H28N2O4.ClH/c1-17-7-3-4-11-21(17)22(18-8-5-10-20(15-18)28-2)24-29-14-13-25-12-6-9-19(16-25)23(26)27;/h3-5,7-8,10-11,15,19H,6,9,12-14,16H2,1-2H3,(H,26,27);1H. The smallest absolute Gasteiger partial charge is 0.307 e. The molecule has 3 rings (SSSR count). The fourth-order valence-electron chi connectivity index (χ4n) is 3.61. The van der Waals surface area contributed by atoms with Gasteiger partial charge in [-0.15, -0.1) is 12.4 Å². The fraction of sp³-hybridized carbons (Fsp3) is 0.391. The molecule has 162 valence electrons. The Labute approximate surface area is 183 Å². The molecule has 1 aliphatic heterocycles. The number of aliphatic carboxylic acids is 1. The molecular weight excluding hydrogens is 404 g/mol. The van der Waals surface area contributed by atoms with Gasteiger partial charge in [0.25, 0.3) is 0 Å². The predicted molar refractivity (Wildman–Crippen MR) is 120 cm³/mol. The highest BCUT2D eigenvalue weighted by Crippen LogP contribution is 2.20. The molecule has 0 bridgehead atoms. The van der Waals surface area contributed by atoms with Gasteiger partial charge in [0.15, 0.2) is 0 Å². The lowest BCUT2D eigenvalue weighted by Gasteiger charge is -2.30. The second kappa shape index (κ2) is 11.6. The quantitative estimate of drug-likeness (QED) is 0.388. The molecule has 2 aromatic rings. The minimum absolute atomic E-state index is 0. The zero-order chi connectivity index (χ0) is 20.6. The number of benzene rings is 2. The Morgan fingerprint density at radius 2 is 2.03 bits per heavy atom. The molecule has 1 atom stereocenters. The fourth-order valence-corrected chi connectivity index (χ4v) is 3.61. The number of halogens is 1. The van der Waals surface area contributed by atoms with Gasteiger partial charge in [0.05, 0.1) is 13.0 Å². The summed E-state index contributed by atoms with van der Waals surface area (Å²) in [6.07, 6.45) is 1.65. The number of piperidine rings is 1. The van der Waals surface area contributed by atoms with E-state index in [2.05, 4.69) is 10.1 Å². The van der Waals surface area contributed by atoms with Crippen LogP contribution in [0.15, 0.2) is 53.7 Å². The SMILES string of the molecule is COc1cccc(C(=NOCCN2CCCC(C(=O)O)C2)c2ccccc2C)c1.Cl. The molecule has 2 aromatic carbocycles. The Kier molecular flexibility index (Phi) is 9.15. The number of rotatable bonds is 8. The lowest BCUT2D eigenvalue weighted by atomic mass is 9.98. The molecule has 1 N–H and O–H groups in total. The van der Waals surface area contributed by atoms with Crippen molar-refractivity contribution in [3.8, 4) is 5.75 Å². The van der Waals surface area contributed by atoms with Crippen molar-refractivity contribution in [2.45, 2.75) is 19.8 Å². The molecule has 1 aliphatic rings. The molecule has 0 aliphatic carbocycles. The summed E-state index contributed by atoms with van der Waals surface area (Å²) in [5.74, 6) is -0.239. The van der Waals surface area contributed by atoms with Crippen LogP contribution in [0.25, 0.3) is 0 Å². The first kappa shape index (κ1) is 23.7. The van der Waals surface area contributed by atoms with E-state index in [0.717, 1.165) is 47.5 Å². The van der Waals surface area contributed by atoms with Crippen molar-refractivity contribution >= 4 is 24.1 Å². The molecule has 0 radical (unpaired) electrons. The highest BCUT2D eigenvalue weighted by Gasteiger charge is 2.25. The van der Waals surface area contributed by atoms with Crippen LogP contribution < -0.4 is 4.74 Å². The molecule has 1 heterocycles. The number of hydrogen-bond acceptors (Lipinski definition) is 5.